The summed E-state index contributed by atoms with van der Waals surface area (Å²) in [6.45, 7) is -3.21. The molecule has 0 aliphatic heterocycles. The fraction of sp³-hybridized carbons (Fsp3) is 0.222. The minimum absolute atomic E-state index is 0.137. The smallest absolute Gasteiger partial charge is 0.387 e. The molecule has 1 rings (SSSR count). The molecule has 0 atom stereocenters. The quantitative estimate of drug-likeness (QED) is 0.923. The third kappa shape index (κ3) is 2.89. The zero-order chi connectivity index (χ0) is 13.2. The van der Waals surface area contributed by atoms with Gasteiger partial charge in [-0.25, -0.2) is 4.79 Å². The molecule has 0 aliphatic rings. The van der Waals surface area contributed by atoms with Gasteiger partial charge in [-0.2, -0.15) is 8.78 Å². The molecular formula is C9H6Cl2F2O4. The third-order valence-corrected chi connectivity index (χ3v) is 2.57. The molecule has 0 aliphatic carbocycles. The van der Waals surface area contributed by atoms with Crippen molar-refractivity contribution in [3.05, 3.63) is 21.7 Å². The largest absolute Gasteiger partial charge is 0.493 e. The van der Waals surface area contributed by atoms with Gasteiger partial charge in [-0.05, 0) is 0 Å². The molecule has 17 heavy (non-hydrogen) atoms. The van der Waals surface area contributed by atoms with Crippen molar-refractivity contribution < 1.29 is 28.2 Å². The monoisotopic (exact) mass is 286 g/mol. The number of ether oxygens (including phenoxy) is 2. The Kier molecular flexibility index (Phi) is 4.36. The minimum Gasteiger partial charge on any atom is -0.493 e. The van der Waals surface area contributed by atoms with Crippen molar-refractivity contribution in [1.29, 1.82) is 0 Å². The molecule has 4 nitrogen and oxygen atoms in total. The molecule has 1 aromatic carbocycles. The average molecular weight is 287 g/mol. The van der Waals surface area contributed by atoms with Crippen LogP contribution in [0, 0.1) is 0 Å². The molecule has 1 N–H and O–H groups in total. The Balaban J connectivity index is 3.50. The first kappa shape index (κ1) is 13.8. The van der Waals surface area contributed by atoms with Crippen molar-refractivity contribution in [2.24, 2.45) is 0 Å². The van der Waals surface area contributed by atoms with Crippen LogP contribution in [0.2, 0.25) is 10.0 Å². The first-order valence-electron chi connectivity index (χ1n) is 4.12. The summed E-state index contributed by atoms with van der Waals surface area (Å²) < 4.78 is 33.1. The Morgan fingerprint density at radius 3 is 2.47 bits per heavy atom. The van der Waals surface area contributed by atoms with E-state index in [4.69, 9.17) is 33.0 Å². The molecule has 0 heterocycles. The first-order chi connectivity index (χ1) is 7.88. The van der Waals surface area contributed by atoms with E-state index in [9.17, 15) is 13.6 Å². The lowest BCUT2D eigenvalue weighted by Crippen LogP contribution is -2.10. The highest BCUT2D eigenvalue weighted by Gasteiger charge is 2.25. The Bertz CT molecular complexity index is 451. The second kappa shape index (κ2) is 5.37. The maximum Gasteiger partial charge on any atom is 0.387 e. The molecular weight excluding hydrogens is 281 g/mol. The molecule has 0 bridgehead atoms. The van der Waals surface area contributed by atoms with E-state index < -0.39 is 28.9 Å². The van der Waals surface area contributed by atoms with Gasteiger partial charge in [0.1, 0.15) is 5.56 Å². The topological polar surface area (TPSA) is 55.8 Å². The minimum atomic E-state index is -3.21. The lowest BCUT2D eigenvalue weighted by Gasteiger charge is -2.14. The number of carboxylic acids is 1. The highest BCUT2D eigenvalue weighted by atomic mass is 35.5. The summed E-state index contributed by atoms with van der Waals surface area (Å²) in [5.74, 6) is -2.45. The molecule has 94 valence electrons. The van der Waals surface area contributed by atoms with Gasteiger partial charge in [0.05, 0.1) is 17.2 Å². The molecule has 0 spiro atoms. The molecule has 0 unspecified atom stereocenters. The van der Waals surface area contributed by atoms with Crippen LogP contribution in [0.1, 0.15) is 10.4 Å². The normalized spacial score (nSPS) is 10.5. The second-order valence-corrected chi connectivity index (χ2v) is 3.55. The molecule has 0 saturated heterocycles. The zero-order valence-electron chi connectivity index (χ0n) is 8.34. The van der Waals surface area contributed by atoms with Crippen molar-refractivity contribution in [2.45, 2.75) is 6.61 Å². The molecule has 0 aromatic heterocycles. The fourth-order valence-corrected chi connectivity index (χ4v) is 1.55. The predicted octanol–water partition coefficient (Wildman–Crippen LogP) is 3.30. The lowest BCUT2D eigenvalue weighted by molar-refractivity contribution is -0.0517. The van der Waals surface area contributed by atoms with Crippen molar-refractivity contribution in [3.8, 4) is 11.5 Å². The van der Waals surface area contributed by atoms with E-state index in [0.29, 0.717) is 0 Å². The van der Waals surface area contributed by atoms with Crippen LogP contribution in [0.3, 0.4) is 0 Å². The van der Waals surface area contributed by atoms with E-state index in [1.165, 1.54) is 0 Å². The third-order valence-electron chi connectivity index (χ3n) is 1.78. The summed E-state index contributed by atoms with van der Waals surface area (Å²) in [6.07, 6.45) is 0. The van der Waals surface area contributed by atoms with Gasteiger partial charge >= 0.3 is 12.6 Å². The standard InChI is InChI=1S/C9H6Cl2F2O4/c1-16-4-2-3(10)6(11)5(8(14)15)7(4)17-9(12)13/h2,9H,1H3,(H,14,15). The zero-order valence-corrected chi connectivity index (χ0v) is 9.85. The van der Waals surface area contributed by atoms with Gasteiger partial charge in [0, 0.05) is 6.07 Å². The van der Waals surface area contributed by atoms with E-state index >= 15 is 0 Å². The summed E-state index contributed by atoms with van der Waals surface area (Å²) in [5, 5.41) is 8.35. The number of carboxylic acid groups (broad SMARTS) is 1. The number of alkyl halides is 2. The average Bonchev–Trinajstić information content (AvgIpc) is 2.22. The molecule has 0 amide bonds. The van der Waals surface area contributed by atoms with Crippen LogP contribution in [0.5, 0.6) is 11.5 Å². The van der Waals surface area contributed by atoms with E-state index in [-0.39, 0.29) is 10.8 Å². The predicted molar refractivity (Wildman–Crippen MR) is 56.6 cm³/mol. The van der Waals surface area contributed by atoms with Crippen LogP contribution in [-0.4, -0.2) is 24.8 Å². The van der Waals surface area contributed by atoms with Crippen LogP contribution in [0.25, 0.3) is 0 Å². The number of aromatic carboxylic acids is 1. The van der Waals surface area contributed by atoms with Gasteiger partial charge in [0.15, 0.2) is 11.5 Å². The highest BCUT2D eigenvalue weighted by molar-refractivity contribution is 6.44. The number of carbonyl (C=O) groups is 1. The molecule has 0 saturated carbocycles. The van der Waals surface area contributed by atoms with Crippen LogP contribution < -0.4 is 9.47 Å². The summed E-state index contributed by atoms with van der Waals surface area (Å²) in [4.78, 5) is 10.9. The van der Waals surface area contributed by atoms with Crippen LogP contribution in [-0.2, 0) is 0 Å². The number of benzene rings is 1. The van der Waals surface area contributed by atoms with Crippen molar-refractivity contribution in [2.75, 3.05) is 7.11 Å². The summed E-state index contributed by atoms with van der Waals surface area (Å²) >= 11 is 11.2. The lowest BCUT2D eigenvalue weighted by atomic mass is 10.2. The Labute approximate surface area is 105 Å². The van der Waals surface area contributed by atoms with Crippen LogP contribution in [0.15, 0.2) is 6.07 Å². The van der Waals surface area contributed by atoms with Gasteiger partial charge in [0.2, 0.25) is 0 Å². The maximum atomic E-state index is 12.2. The van der Waals surface area contributed by atoms with E-state index in [1.807, 2.05) is 0 Å². The van der Waals surface area contributed by atoms with Crippen molar-refractivity contribution in [1.82, 2.24) is 0 Å². The Morgan fingerprint density at radius 2 is 2.06 bits per heavy atom. The fourth-order valence-electron chi connectivity index (χ4n) is 1.14. The molecule has 8 heteroatoms. The van der Waals surface area contributed by atoms with Gasteiger partial charge in [0.25, 0.3) is 0 Å². The number of methoxy groups -OCH3 is 1. The van der Waals surface area contributed by atoms with Crippen molar-refractivity contribution in [3.63, 3.8) is 0 Å². The SMILES string of the molecule is COc1cc(Cl)c(Cl)c(C(=O)O)c1OC(F)F. The van der Waals surface area contributed by atoms with Crippen LogP contribution in [0.4, 0.5) is 8.78 Å². The maximum absolute atomic E-state index is 12.2. The van der Waals surface area contributed by atoms with Gasteiger partial charge in [-0.1, -0.05) is 23.2 Å². The van der Waals surface area contributed by atoms with Gasteiger partial charge in [-0.15, -0.1) is 0 Å². The van der Waals surface area contributed by atoms with E-state index in [1.54, 1.807) is 0 Å². The van der Waals surface area contributed by atoms with Gasteiger partial charge in [-0.3, -0.25) is 0 Å². The molecule has 1 aromatic rings. The van der Waals surface area contributed by atoms with E-state index in [0.717, 1.165) is 13.2 Å². The Morgan fingerprint density at radius 1 is 1.47 bits per heavy atom. The number of hydrogen-bond acceptors (Lipinski definition) is 3. The summed E-state index contributed by atoms with van der Waals surface area (Å²) in [6, 6.07) is 1.09. The first-order valence-corrected chi connectivity index (χ1v) is 4.88. The van der Waals surface area contributed by atoms with Crippen LogP contribution >= 0.6 is 23.2 Å². The van der Waals surface area contributed by atoms with E-state index in [2.05, 4.69) is 4.74 Å². The number of halogens is 4. The van der Waals surface area contributed by atoms with Crippen molar-refractivity contribution >= 4 is 29.2 Å². The Hall–Kier alpha value is -1.27. The highest BCUT2D eigenvalue weighted by Crippen LogP contribution is 2.41. The summed E-state index contributed by atoms with van der Waals surface area (Å²) in [7, 11) is 1.16. The number of hydrogen-bond donors (Lipinski definition) is 1. The number of rotatable bonds is 4. The molecule has 0 radical (unpaired) electrons. The molecule has 0 fully saturated rings. The second-order valence-electron chi connectivity index (χ2n) is 2.76. The van der Waals surface area contributed by atoms with Gasteiger partial charge < -0.3 is 14.6 Å². The summed E-state index contributed by atoms with van der Waals surface area (Å²) in [5.41, 5.74) is -0.670.